The van der Waals surface area contributed by atoms with Crippen LogP contribution in [0.2, 0.25) is 0 Å². The number of nitrogens with zero attached hydrogens (tertiary/aromatic N) is 7. The van der Waals surface area contributed by atoms with Crippen LogP contribution in [0, 0.1) is 0 Å². The maximum Gasteiger partial charge on any atom is 0.113 e. The Morgan fingerprint density at radius 3 is 1.82 bits per heavy atom. The first-order valence-electron chi connectivity index (χ1n) is 11.8. The molecule has 3 aromatic carbocycles. The summed E-state index contributed by atoms with van der Waals surface area (Å²) in [7, 11) is 0. The molecule has 0 radical (unpaired) electrons. The average molecular weight is 438 g/mol. The van der Waals surface area contributed by atoms with Gasteiger partial charge in [-0.25, -0.2) is 9.36 Å². The Bertz CT molecular complexity index is 1270. The minimum absolute atomic E-state index is 0.134. The Kier molecular flexibility index (Phi) is 5.32. The third-order valence-corrected chi connectivity index (χ3v) is 6.73. The van der Waals surface area contributed by atoms with Gasteiger partial charge in [0.25, 0.3) is 0 Å². The van der Waals surface area contributed by atoms with Gasteiger partial charge in [0.2, 0.25) is 0 Å². The van der Waals surface area contributed by atoms with Crippen molar-refractivity contribution in [1.82, 2.24) is 34.9 Å². The summed E-state index contributed by atoms with van der Waals surface area (Å²) in [6.45, 7) is 0.951. The first kappa shape index (κ1) is 20.1. The normalized spacial score (nSPS) is 19.4. The van der Waals surface area contributed by atoms with Crippen LogP contribution in [0.3, 0.4) is 0 Å². The van der Waals surface area contributed by atoms with Crippen molar-refractivity contribution < 1.29 is 0 Å². The van der Waals surface area contributed by atoms with Gasteiger partial charge >= 0.3 is 0 Å². The minimum atomic E-state index is 0.134. The van der Waals surface area contributed by atoms with E-state index in [9.17, 15) is 0 Å². The van der Waals surface area contributed by atoms with Crippen molar-refractivity contribution in [3.05, 3.63) is 84.4 Å². The first-order valence-corrected chi connectivity index (χ1v) is 11.8. The molecule has 1 saturated heterocycles. The molecule has 2 atom stereocenters. The third-order valence-electron chi connectivity index (χ3n) is 6.73. The van der Waals surface area contributed by atoms with Gasteiger partial charge in [0.15, 0.2) is 0 Å². The summed E-state index contributed by atoms with van der Waals surface area (Å²) in [5.41, 5.74) is 5.42. The second-order valence-electron chi connectivity index (χ2n) is 8.76. The maximum atomic E-state index is 4.59. The van der Waals surface area contributed by atoms with E-state index in [2.05, 4.69) is 89.5 Å². The quantitative estimate of drug-likeness (QED) is 0.374. The lowest BCUT2D eigenvalue weighted by molar-refractivity contribution is -0.00761. The number of aromatic nitrogens is 6. The van der Waals surface area contributed by atoms with Crippen LogP contribution in [0.15, 0.2) is 78.9 Å². The number of fused-ring (bicyclic) bond motifs is 2. The Hall–Kier alpha value is -3.58. The monoisotopic (exact) mass is 437 g/mol. The molecule has 0 bridgehead atoms. The fourth-order valence-electron chi connectivity index (χ4n) is 5.16. The Morgan fingerprint density at radius 1 is 0.667 bits per heavy atom. The highest BCUT2D eigenvalue weighted by atomic mass is 15.6. The highest BCUT2D eigenvalue weighted by Crippen LogP contribution is 2.38. The zero-order chi connectivity index (χ0) is 22.0. The van der Waals surface area contributed by atoms with Crippen LogP contribution in [0.4, 0.5) is 0 Å². The van der Waals surface area contributed by atoms with Gasteiger partial charge in [-0.3, -0.25) is 4.90 Å². The predicted octanol–water partition coefficient (Wildman–Crippen LogP) is 4.99. The smallest absolute Gasteiger partial charge is 0.113 e. The van der Waals surface area contributed by atoms with Gasteiger partial charge in [-0.15, -0.1) is 10.2 Å². The molecule has 3 heterocycles. The molecule has 7 nitrogen and oxygen atoms in total. The second-order valence-corrected chi connectivity index (χ2v) is 8.76. The van der Waals surface area contributed by atoms with Crippen molar-refractivity contribution in [2.45, 2.75) is 44.4 Å². The second kappa shape index (κ2) is 8.75. The Balaban J connectivity index is 1.36. The lowest BCUT2D eigenvalue weighted by Gasteiger charge is -2.42. The maximum absolute atomic E-state index is 4.59. The highest BCUT2D eigenvalue weighted by Gasteiger charge is 2.35. The van der Waals surface area contributed by atoms with Crippen LogP contribution in [-0.2, 0) is 6.42 Å². The van der Waals surface area contributed by atoms with Gasteiger partial charge in [-0.2, -0.15) is 0 Å². The van der Waals surface area contributed by atoms with Gasteiger partial charge in [0.05, 0.1) is 11.0 Å². The van der Waals surface area contributed by atoms with Gasteiger partial charge in [0, 0.05) is 6.54 Å². The standard InChI is InChI=1S/C26H27N7/c1-2-10-20(11-3-1)12-9-19-31-25(32-23-15-6-4-13-21(23)27-29-32)17-8-18-26(31)33-24-16-7-5-14-22(24)28-30-33/h1-7,10-11,13-16,25-26H,8-9,12,17-19H2. The summed E-state index contributed by atoms with van der Waals surface area (Å²) in [5.74, 6) is 0. The molecule has 0 N–H and O–H groups in total. The van der Waals surface area contributed by atoms with Crippen molar-refractivity contribution >= 4 is 22.1 Å². The van der Waals surface area contributed by atoms with Gasteiger partial charge in [0.1, 0.15) is 23.4 Å². The van der Waals surface area contributed by atoms with Crippen molar-refractivity contribution in [2.24, 2.45) is 0 Å². The zero-order valence-electron chi connectivity index (χ0n) is 18.5. The van der Waals surface area contributed by atoms with Crippen LogP contribution in [0.1, 0.15) is 43.6 Å². The fraction of sp³-hybridized carbons (Fsp3) is 0.308. The highest BCUT2D eigenvalue weighted by molar-refractivity contribution is 5.74. The molecule has 166 valence electrons. The number of rotatable bonds is 6. The van der Waals surface area contributed by atoms with Crippen molar-refractivity contribution in [1.29, 1.82) is 0 Å². The van der Waals surface area contributed by atoms with E-state index in [1.807, 2.05) is 24.3 Å². The number of hydrogen-bond acceptors (Lipinski definition) is 5. The van der Waals surface area contributed by atoms with Crippen molar-refractivity contribution in [3.63, 3.8) is 0 Å². The minimum Gasteiger partial charge on any atom is -0.260 e. The van der Waals surface area contributed by atoms with E-state index < -0.39 is 0 Å². The number of piperidine rings is 1. The van der Waals surface area contributed by atoms with Crippen molar-refractivity contribution in [2.75, 3.05) is 6.54 Å². The Morgan fingerprint density at radius 2 is 1.21 bits per heavy atom. The molecule has 7 heteroatoms. The summed E-state index contributed by atoms with van der Waals surface area (Å²) in [6, 6.07) is 27.2. The fourth-order valence-corrected chi connectivity index (χ4v) is 5.16. The van der Waals surface area contributed by atoms with E-state index in [1.165, 1.54) is 5.56 Å². The third kappa shape index (κ3) is 3.78. The molecule has 0 amide bonds. The number of hydrogen-bond donors (Lipinski definition) is 0. The zero-order valence-corrected chi connectivity index (χ0v) is 18.5. The van der Waals surface area contributed by atoms with Gasteiger partial charge in [-0.05, 0) is 61.9 Å². The predicted molar refractivity (Wildman–Crippen MR) is 128 cm³/mol. The van der Waals surface area contributed by atoms with Crippen LogP contribution in [-0.4, -0.2) is 41.4 Å². The molecule has 1 aliphatic rings. The first-order chi connectivity index (χ1) is 16.4. The molecule has 5 aromatic rings. The van der Waals surface area contributed by atoms with E-state index >= 15 is 0 Å². The van der Waals surface area contributed by atoms with E-state index in [4.69, 9.17) is 0 Å². The van der Waals surface area contributed by atoms with E-state index in [1.54, 1.807) is 0 Å². The lowest BCUT2D eigenvalue weighted by atomic mass is 10.0. The molecular weight excluding hydrogens is 410 g/mol. The topological polar surface area (TPSA) is 64.7 Å². The molecule has 2 unspecified atom stereocenters. The SMILES string of the molecule is c1ccc(CCCN2C(n3nnc4ccccc43)CCCC2n2nnc3ccccc32)cc1. The molecule has 2 aromatic heterocycles. The summed E-state index contributed by atoms with van der Waals surface area (Å²) in [5, 5.41) is 18.1. The van der Waals surface area contributed by atoms with Crippen LogP contribution in [0.25, 0.3) is 22.1 Å². The molecule has 6 rings (SSSR count). The van der Waals surface area contributed by atoms with Gasteiger partial charge in [-0.1, -0.05) is 65.0 Å². The van der Waals surface area contributed by atoms with E-state index in [0.717, 1.165) is 60.7 Å². The molecule has 0 aliphatic carbocycles. The van der Waals surface area contributed by atoms with Crippen LogP contribution < -0.4 is 0 Å². The summed E-state index contributed by atoms with van der Waals surface area (Å²) >= 11 is 0. The number of benzene rings is 3. The molecule has 1 aliphatic heterocycles. The average Bonchev–Trinajstić information content (AvgIpc) is 3.49. The summed E-state index contributed by atoms with van der Waals surface area (Å²) < 4.78 is 4.23. The van der Waals surface area contributed by atoms with Crippen LogP contribution >= 0.6 is 0 Å². The number of aryl methyl sites for hydroxylation is 1. The summed E-state index contributed by atoms with van der Waals surface area (Å²) in [6.07, 6.45) is 5.57. The number of para-hydroxylation sites is 2. The van der Waals surface area contributed by atoms with Gasteiger partial charge < -0.3 is 0 Å². The molecule has 0 saturated carbocycles. The molecule has 33 heavy (non-hydrogen) atoms. The van der Waals surface area contributed by atoms with E-state index in [-0.39, 0.29) is 12.3 Å². The van der Waals surface area contributed by atoms with E-state index in [0.29, 0.717) is 0 Å². The van der Waals surface area contributed by atoms with Crippen LogP contribution in [0.5, 0.6) is 0 Å². The molecule has 1 fully saturated rings. The molecule has 0 spiro atoms. The summed E-state index contributed by atoms with van der Waals surface area (Å²) in [4.78, 5) is 2.56. The largest absolute Gasteiger partial charge is 0.260 e. The number of likely N-dealkylation sites (tertiary alicyclic amines) is 1. The molecular formula is C26H27N7. The van der Waals surface area contributed by atoms with Crippen molar-refractivity contribution in [3.8, 4) is 0 Å². The lowest BCUT2D eigenvalue weighted by Crippen LogP contribution is -2.43. The Labute approximate surface area is 192 Å².